The van der Waals surface area contributed by atoms with Crippen molar-refractivity contribution < 1.29 is 12.9 Å². The van der Waals surface area contributed by atoms with E-state index in [1.165, 1.54) is 23.4 Å². The molecule has 0 spiro atoms. The predicted octanol–water partition coefficient (Wildman–Crippen LogP) is 1.83. The fourth-order valence-electron chi connectivity index (χ4n) is 4.25. The number of hydrogen-bond acceptors (Lipinski definition) is 6. The first kappa shape index (κ1) is 26.3. The molecule has 0 bridgehead atoms. The van der Waals surface area contributed by atoms with E-state index < -0.39 is 10.0 Å². The number of hydrogen-bond donors (Lipinski definition) is 1. The number of aliphatic imine (C=N–C) groups is 1. The summed E-state index contributed by atoms with van der Waals surface area (Å²) in [6, 6.07) is 1.59. The van der Waals surface area contributed by atoms with Crippen LogP contribution in [0.3, 0.4) is 0 Å². The Hall–Kier alpha value is -0.920. The number of likely N-dealkylation sites (tertiary alicyclic amines) is 1. The van der Waals surface area contributed by atoms with E-state index in [1.807, 2.05) is 0 Å². The highest BCUT2D eigenvalue weighted by atomic mass is 127. The van der Waals surface area contributed by atoms with Crippen molar-refractivity contribution in [3.05, 3.63) is 18.0 Å². The van der Waals surface area contributed by atoms with Gasteiger partial charge < -0.3 is 14.7 Å². The molecule has 0 amide bonds. The minimum Gasteiger partial charge on any atom is -0.364 e. The van der Waals surface area contributed by atoms with Crippen molar-refractivity contribution >= 4 is 40.0 Å². The van der Waals surface area contributed by atoms with Crippen LogP contribution >= 0.6 is 24.0 Å². The molecule has 3 heterocycles. The van der Waals surface area contributed by atoms with Crippen molar-refractivity contribution in [2.24, 2.45) is 10.9 Å². The van der Waals surface area contributed by atoms with Gasteiger partial charge in [0.05, 0.1) is 5.69 Å². The lowest BCUT2D eigenvalue weighted by atomic mass is 9.93. The maximum atomic E-state index is 12.6. The zero-order valence-electron chi connectivity index (χ0n) is 19.1. The van der Waals surface area contributed by atoms with Gasteiger partial charge in [-0.1, -0.05) is 12.1 Å². The fourth-order valence-corrected chi connectivity index (χ4v) is 5.67. The Morgan fingerprint density at radius 2 is 2.00 bits per heavy atom. The van der Waals surface area contributed by atoms with Gasteiger partial charge in [-0.25, -0.2) is 8.42 Å². The van der Waals surface area contributed by atoms with Crippen LogP contribution in [0.1, 0.15) is 39.3 Å². The molecule has 0 radical (unpaired) electrons. The van der Waals surface area contributed by atoms with Crippen LogP contribution in [0.15, 0.2) is 21.8 Å². The molecule has 2 saturated heterocycles. The van der Waals surface area contributed by atoms with Crippen molar-refractivity contribution in [1.82, 2.24) is 24.6 Å². The molecule has 0 saturated carbocycles. The van der Waals surface area contributed by atoms with Crippen molar-refractivity contribution in [3.63, 3.8) is 0 Å². The first-order valence-electron chi connectivity index (χ1n) is 10.8. The second-order valence-electron chi connectivity index (χ2n) is 9.04. The average Bonchev–Trinajstić information content (AvgIpc) is 3.21. The molecule has 2 aliphatic heterocycles. The molecule has 1 aromatic heterocycles. The van der Waals surface area contributed by atoms with Gasteiger partial charge in [-0.15, -0.1) is 24.0 Å². The molecular weight excluding hydrogens is 531 g/mol. The monoisotopic (exact) mass is 568 g/mol. The lowest BCUT2D eigenvalue weighted by Gasteiger charge is -2.44. The Kier molecular flexibility index (Phi) is 9.58. The van der Waals surface area contributed by atoms with Crippen LogP contribution in [0.4, 0.5) is 0 Å². The zero-order valence-corrected chi connectivity index (χ0v) is 22.2. The summed E-state index contributed by atoms with van der Waals surface area (Å²) in [6.07, 6.45) is 3.96. The number of piperidine rings is 1. The summed E-state index contributed by atoms with van der Waals surface area (Å²) in [6.45, 7) is 12.1. The Morgan fingerprint density at radius 3 is 2.58 bits per heavy atom. The lowest BCUT2D eigenvalue weighted by molar-refractivity contribution is 0.0733. The van der Waals surface area contributed by atoms with Crippen molar-refractivity contribution in [3.8, 4) is 0 Å². The summed E-state index contributed by atoms with van der Waals surface area (Å²) in [5, 5.41) is 7.24. The van der Waals surface area contributed by atoms with Gasteiger partial charge in [-0.3, -0.25) is 9.89 Å². The smallest absolute Gasteiger partial charge is 0.220 e. The highest BCUT2D eigenvalue weighted by Crippen LogP contribution is 2.23. The molecule has 0 aliphatic carbocycles. The van der Waals surface area contributed by atoms with E-state index in [2.05, 4.69) is 46.0 Å². The van der Waals surface area contributed by atoms with Crippen molar-refractivity contribution in [1.29, 1.82) is 0 Å². The molecule has 1 unspecified atom stereocenters. The van der Waals surface area contributed by atoms with Crippen LogP contribution in [0.5, 0.6) is 0 Å². The largest absolute Gasteiger partial charge is 0.364 e. The highest BCUT2D eigenvalue weighted by molar-refractivity contribution is 14.0. The number of halogens is 1. The molecule has 3 rings (SSSR count). The average molecular weight is 569 g/mol. The molecule has 31 heavy (non-hydrogen) atoms. The number of guanidine groups is 1. The SMILES string of the molecule is CN=C(NCC(C)(C)N1CCCC(C)C1)N1CCN(S(=O)(=O)Cc2ccon2)CC1.I. The van der Waals surface area contributed by atoms with E-state index in [0.29, 0.717) is 31.9 Å². The van der Waals surface area contributed by atoms with Gasteiger partial charge in [-0.05, 0) is 39.2 Å². The summed E-state index contributed by atoms with van der Waals surface area (Å²) in [5.41, 5.74) is 0.470. The Morgan fingerprint density at radius 1 is 1.29 bits per heavy atom. The van der Waals surface area contributed by atoms with E-state index >= 15 is 0 Å². The Bertz CT molecular complexity index is 807. The molecule has 2 aliphatic rings. The number of nitrogens with zero attached hydrogens (tertiary/aromatic N) is 5. The first-order valence-corrected chi connectivity index (χ1v) is 12.4. The van der Waals surface area contributed by atoms with Crippen LogP contribution in [0.25, 0.3) is 0 Å². The first-order chi connectivity index (χ1) is 14.2. The lowest BCUT2D eigenvalue weighted by Crippen LogP contribution is -2.58. The molecule has 1 aromatic rings. The third-order valence-corrected chi connectivity index (χ3v) is 7.97. The third-order valence-electron chi connectivity index (χ3n) is 6.16. The van der Waals surface area contributed by atoms with Crippen LogP contribution in [0, 0.1) is 5.92 Å². The maximum absolute atomic E-state index is 12.6. The molecule has 11 heteroatoms. The summed E-state index contributed by atoms with van der Waals surface area (Å²) in [5.74, 6) is 1.45. The summed E-state index contributed by atoms with van der Waals surface area (Å²) >= 11 is 0. The van der Waals surface area contributed by atoms with E-state index in [4.69, 9.17) is 4.52 Å². The van der Waals surface area contributed by atoms with Crippen LogP contribution < -0.4 is 5.32 Å². The summed E-state index contributed by atoms with van der Waals surface area (Å²) in [4.78, 5) is 9.15. The summed E-state index contributed by atoms with van der Waals surface area (Å²) in [7, 11) is -1.62. The van der Waals surface area contributed by atoms with Crippen LogP contribution in [-0.4, -0.2) is 92.0 Å². The van der Waals surface area contributed by atoms with Gasteiger partial charge in [-0.2, -0.15) is 4.31 Å². The Labute approximate surface area is 203 Å². The van der Waals surface area contributed by atoms with E-state index in [9.17, 15) is 8.42 Å². The van der Waals surface area contributed by atoms with E-state index in [0.717, 1.165) is 31.5 Å². The molecule has 2 fully saturated rings. The number of rotatable bonds is 6. The molecule has 1 atom stereocenters. The number of nitrogens with one attached hydrogen (secondary N) is 1. The quantitative estimate of drug-likeness (QED) is 0.318. The van der Waals surface area contributed by atoms with Gasteiger partial charge in [0.25, 0.3) is 0 Å². The predicted molar refractivity (Wildman–Crippen MR) is 133 cm³/mol. The van der Waals surface area contributed by atoms with Gasteiger partial charge in [0.15, 0.2) is 5.96 Å². The molecule has 9 nitrogen and oxygen atoms in total. The minimum atomic E-state index is -3.40. The molecular formula is C20H37IN6O3S. The van der Waals surface area contributed by atoms with Crippen LogP contribution in [-0.2, 0) is 15.8 Å². The van der Waals surface area contributed by atoms with Gasteiger partial charge in [0.1, 0.15) is 12.0 Å². The molecule has 178 valence electrons. The summed E-state index contributed by atoms with van der Waals surface area (Å²) < 4.78 is 31.5. The standard InChI is InChI=1S/C20H36N6O3S.HI/c1-17-6-5-8-25(14-17)20(2,3)16-22-19(21-4)24-9-11-26(12-10-24)30(27,28)15-18-7-13-29-23-18;/h7,13,17H,5-6,8-12,14-16H2,1-4H3,(H,21,22);1H. The van der Waals surface area contributed by atoms with Gasteiger partial charge in [0, 0.05) is 57.9 Å². The van der Waals surface area contributed by atoms with Crippen LogP contribution in [0.2, 0.25) is 0 Å². The topological polar surface area (TPSA) is 94.3 Å². The third kappa shape index (κ3) is 7.03. The zero-order chi connectivity index (χ0) is 21.8. The molecule has 1 N–H and O–H groups in total. The van der Waals surface area contributed by atoms with Crippen molar-refractivity contribution in [2.45, 2.75) is 44.9 Å². The van der Waals surface area contributed by atoms with Crippen molar-refractivity contribution in [2.75, 3.05) is 52.9 Å². The fraction of sp³-hybridized carbons (Fsp3) is 0.800. The van der Waals surface area contributed by atoms with E-state index in [-0.39, 0.29) is 35.3 Å². The number of piperazine rings is 1. The normalized spacial score (nSPS) is 22.3. The number of aromatic nitrogens is 1. The maximum Gasteiger partial charge on any atom is 0.220 e. The van der Waals surface area contributed by atoms with Gasteiger partial charge in [0.2, 0.25) is 10.0 Å². The van der Waals surface area contributed by atoms with Gasteiger partial charge >= 0.3 is 0 Å². The Balaban J connectivity index is 0.00000341. The minimum absolute atomic E-state index is 0. The molecule has 0 aromatic carbocycles. The second kappa shape index (κ2) is 11.3. The second-order valence-corrected chi connectivity index (χ2v) is 11.0. The number of sulfonamides is 1. The van der Waals surface area contributed by atoms with E-state index in [1.54, 1.807) is 13.1 Å². The highest BCUT2D eigenvalue weighted by Gasteiger charge is 2.32.